The summed E-state index contributed by atoms with van der Waals surface area (Å²) in [5.41, 5.74) is 0.602. The van der Waals surface area contributed by atoms with Gasteiger partial charge in [0.15, 0.2) is 0 Å². The fraction of sp³-hybridized carbons (Fsp3) is 0.333. The molecule has 0 fully saturated rings. The lowest BCUT2D eigenvalue weighted by molar-refractivity contribution is 0.576. The zero-order valence-corrected chi connectivity index (χ0v) is 7.92. The predicted octanol–water partition coefficient (Wildman–Crippen LogP) is 2.34. The average Bonchev–Trinajstić information content (AvgIpc) is 1.94. The smallest absolute Gasteiger partial charge is 0.135 e. The van der Waals surface area contributed by atoms with Gasteiger partial charge in [0.2, 0.25) is 0 Å². The zero-order valence-electron chi connectivity index (χ0n) is 7.10. The van der Waals surface area contributed by atoms with Crippen LogP contribution in [0.3, 0.4) is 0 Å². The molecule has 0 saturated heterocycles. The van der Waals surface area contributed by atoms with Crippen LogP contribution < -0.4 is 0 Å². The second-order valence-corrected chi connectivity index (χ2v) is 5.13. The van der Waals surface area contributed by atoms with Crippen molar-refractivity contribution in [2.24, 2.45) is 0 Å². The summed E-state index contributed by atoms with van der Waals surface area (Å²) in [5.74, 6) is -0.258. The second kappa shape index (κ2) is 3.90. The van der Waals surface area contributed by atoms with E-state index in [1.165, 1.54) is 12.1 Å². The van der Waals surface area contributed by atoms with E-state index in [4.69, 9.17) is 0 Å². The van der Waals surface area contributed by atoms with Gasteiger partial charge in [-0.3, -0.25) is 0 Å². The Bertz CT molecular complexity index is 271. The van der Waals surface area contributed by atoms with Crippen molar-refractivity contribution in [3.05, 3.63) is 35.4 Å². The van der Waals surface area contributed by atoms with Gasteiger partial charge in [-0.2, -0.15) is 0 Å². The second-order valence-electron chi connectivity index (χ2n) is 2.87. The first-order valence-electron chi connectivity index (χ1n) is 3.57. The number of hydrogen-bond donors (Lipinski definition) is 0. The Morgan fingerprint density at radius 3 is 2.42 bits per heavy atom. The van der Waals surface area contributed by atoms with Crippen LogP contribution in [0.1, 0.15) is 5.56 Å². The fourth-order valence-electron chi connectivity index (χ4n) is 0.950. The van der Waals surface area contributed by atoms with E-state index in [-0.39, 0.29) is 10.9 Å². The summed E-state index contributed by atoms with van der Waals surface area (Å²) in [6.07, 6.45) is 4.06. The summed E-state index contributed by atoms with van der Waals surface area (Å²) in [6, 6.07) is 3.74. The highest BCUT2D eigenvalue weighted by Crippen LogP contribution is 2.12. The molecule has 0 heterocycles. The molecule has 1 aromatic carbocycles. The number of hydrogen-bond acceptors (Lipinski definition) is 0. The molecule has 0 aliphatic heterocycles. The lowest BCUT2D eigenvalue weighted by Crippen LogP contribution is -2.01. The molecule has 0 spiro atoms. The first-order chi connectivity index (χ1) is 5.59. The van der Waals surface area contributed by atoms with Gasteiger partial charge < -0.3 is 0 Å². The minimum absolute atomic E-state index is 0.154. The van der Waals surface area contributed by atoms with Crippen molar-refractivity contribution in [2.75, 3.05) is 12.5 Å². The van der Waals surface area contributed by atoms with Crippen molar-refractivity contribution < 1.29 is 8.78 Å². The van der Waals surface area contributed by atoms with Crippen LogP contribution in [0.2, 0.25) is 0 Å². The lowest BCUT2D eigenvalue weighted by Gasteiger charge is -1.99. The molecule has 66 valence electrons. The minimum atomic E-state index is -0.511. The van der Waals surface area contributed by atoms with Crippen LogP contribution in [0.4, 0.5) is 8.78 Å². The summed E-state index contributed by atoms with van der Waals surface area (Å²) in [5, 5.41) is 0. The number of rotatable bonds is 2. The van der Waals surface area contributed by atoms with E-state index in [0.717, 1.165) is 6.07 Å². The van der Waals surface area contributed by atoms with Gasteiger partial charge in [-0.15, -0.1) is 0 Å². The molecular formula is C9H11F2S+. The molecule has 0 nitrogen and oxygen atoms in total. The molecule has 0 saturated carbocycles. The predicted molar refractivity (Wildman–Crippen MR) is 49.3 cm³/mol. The Kier molecular flexibility index (Phi) is 3.09. The van der Waals surface area contributed by atoms with Gasteiger partial charge >= 0.3 is 0 Å². The van der Waals surface area contributed by atoms with Crippen molar-refractivity contribution >= 4 is 10.9 Å². The van der Waals surface area contributed by atoms with Gasteiger partial charge in [-0.25, -0.2) is 8.78 Å². The molecule has 0 atom stereocenters. The molecule has 0 N–H and O–H groups in total. The first kappa shape index (κ1) is 9.52. The number of halogens is 2. The van der Waals surface area contributed by atoms with E-state index in [0.29, 0.717) is 11.3 Å². The van der Waals surface area contributed by atoms with E-state index in [2.05, 4.69) is 0 Å². The van der Waals surface area contributed by atoms with Crippen LogP contribution in [0, 0.1) is 11.6 Å². The molecule has 0 amide bonds. The van der Waals surface area contributed by atoms with Gasteiger partial charge in [-0.1, -0.05) is 0 Å². The molecule has 3 heteroatoms. The Morgan fingerprint density at radius 1 is 1.25 bits per heavy atom. The van der Waals surface area contributed by atoms with Crippen molar-refractivity contribution in [1.29, 1.82) is 0 Å². The maximum Gasteiger partial charge on any atom is 0.135 e. The van der Waals surface area contributed by atoms with Crippen LogP contribution in [0.15, 0.2) is 18.2 Å². The van der Waals surface area contributed by atoms with Crippen LogP contribution in [0.25, 0.3) is 0 Å². The first-order valence-corrected chi connectivity index (χ1v) is 5.79. The summed E-state index contributed by atoms with van der Waals surface area (Å²) in [6.45, 7) is 0. The van der Waals surface area contributed by atoms with Gasteiger partial charge in [-0.05, 0) is 23.0 Å². The highest BCUT2D eigenvalue weighted by Gasteiger charge is 2.10. The van der Waals surface area contributed by atoms with E-state index >= 15 is 0 Å². The highest BCUT2D eigenvalue weighted by molar-refractivity contribution is 7.94. The molecule has 0 aliphatic carbocycles. The standard InChI is InChI=1S/C9H11F2S/c1-12(2)6-7-3-4-8(10)5-9(7)11/h3-5H,6H2,1-2H3/q+1. The molecule has 0 aromatic heterocycles. The largest absolute Gasteiger partial charge is 0.207 e. The van der Waals surface area contributed by atoms with Gasteiger partial charge in [0.1, 0.15) is 17.4 Å². The van der Waals surface area contributed by atoms with Crippen LogP contribution in [0.5, 0.6) is 0 Å². The van der Waals surface area contributed by atoms with E-state index in [1.54, 1.807) is 0 Å². The highest BCUT2D eigenvalue weighted by atomic mass is 32.2. The van der Waals surface area contributed by atoms with Crippen LogP contribution in [-0.2, 0) is 16.6 Å². The maximum absolute atomic E-state index is 13.0. The fourth-order valence-corrected chi connectivity index (χ4v) is 1.81. The van der Waals surface area contributed by atoms with E-state index < -0.39 is 11.6 Å². The Hall–Kier alpha value is -0.570. The Morgan fingerprint density at radius 2 is 1.92 bits per heavy atom. The van der Waals surface area contributed by atoms with Crippen molar-refractivity contribution in [1.82, 2.24) is 0 Å². The molecule has 0 radical (unpaired) electrons. The lowest BCUT2D eigenvalue weighted by atomic mass is 10.2. The van der Waals surface area contributed by atoms with Crippen LogP contribution >= 0.6 is 0 Å². The topological polar surface area (TPSA) is 0 Å². The minimum Gasteiger partial charge on any atom is -0.207 e. The third kappa shape index (κ3) is 2.48. The van der Waals surface area contributed by atoms with Crippen molar-refractivity contribution in [3.63, 3.8) is 0 Å². The van der Waals surface area contributed by atoms with Gasteiger partial charge in [0.25, 0.3) is 0 Å². The van der Waals surface area contributed by atoms with E-state index in [9.17, 15) is 8.78 Å². The Labute approximate surface area is 73.9 Å². The summed E-state index contributed by atoms with van der Waals surface area (Å²) in [7, 11) is 0.154. The van der Waals surface area contributed by atoms with Gasteiger partial charge in [0, 0.05) is 11.6 Å². The summed E-state index contributed by atoms with van der Waals surface area (Å²) in [4.78, 5) is 0. The molecule has 0 aliphatic rings. The monoisotopic (exact) mass is 189 g/mol. The maximum atomic E-state index is 13.0. The molecular weight excluding hydrogens is 178 g/mol. The van der Waals surface area contributed by atoms with E-state index in [1.807, 2.05) is 12.5 Å². The average molecular weight is 189 g/mol. The van der Waals surface area contributed by atoms with Crippen LogP contribution in [-0.4, -0.2) is 12.5 Å². The third-order valence-corrected chi connectivity index (χ3v) is 2.35. The molecule has 1 aromatic rings. The van der Waals surface area contributed by atoms with Crippen molar-refractivity contribution in [2.45, 2.75) is 5.75 Å². The quantitative estimate of drug-likeness (QED) is 0.626. The van der Waals surface area contributed by atoms with Crippen molar-refractivity contribution in [3.8, 4) is 0 Å². The summed E-state index contributed by atoms with van der Waals surface area (Å²) >= 11 is 0. The zero-order chi connectivity index (χ0) is 9.14. The SMILES string of the molecule is C[S+](C)Cc1ccc(F)cc1F. The summed E-state index contributed by atoms with van der Waals surface area (Å²) < 4.78 is 25.4. The van der Waals surface area contributed by atoms with Gasteiger partial charge in [0.05, 0.1) is 12.5 Å². The third-order valence-electron chi connectivity index (χ3n) is 1.46. The number of benzene rings is 1. The normalized spacial score (nSPS) is 10.8. The molecule has 0 bridgehead atoms. The molecule has 12 heavy (non-hydrogen) atoms. The molecule has 1 rings (SSSR count). The molecule has 0 unspecified atom stereocenters. The Balaban J connectivity index is 2.86.